The van der Waals surface area contributed by atoms with Crippen LogP contribution in [0.25, 0.3) is 88.2 Å². The highest BCUT2D eigenvalue weighted by molar-refractivity contribution is 6.10. The number of aromatic hydroxyl groups is 1. The van der Waals surface area contributed by atoms with Crippen LogP contribution in [-0.4, -0.2) is 14.2 Å². The minimum Gasteiger partial charge on any atom is -0.480 e. The van der Waals surface area contributed by atoms with Crippen molar-refractivity contribution in [3.05, 3.63) is 200 Å². The molecule has 4 heteroatoms. The van der Waals surface area contributed by atoms with Crippen LogP contribution in [0.15, 0.2) is 193 Å². The maximum Gasteiger partial charge on any atom is 0.291 e. The predicted molar refractivity (Wildman–Crippen MR) is 230 cm³/mol. The molecule has 7 aromatic carbocycles. The van der Waals surface area contributed by atoms with Crippen LogP contribution in [-0.2, 0) is 0 Å². The van der Waals surface area contributed by atoms with Crippen molar-refractivity contribution >= 4 is 65.7 Å². The number of benzene rings is 7. The molecule has 0 unspecified atom stereocenters. The van der Waals surface area contributed by atoms with Gasteiger partial charge in [0.2, 0.25) is 0 Å². The van der Waals surface area contributed by atoms with E-state index in [-0.39, 0.29) is 5.95 Å². The summed E-state index contributed by atoms with van der Waals surface area (Å²) in [5.74, 6) is -0.142. The number of allylic oxidation sites excluding steroid dienone is 5. The summed E-state index contributed by atoms with van der Waals surface area (Å²) in [5, 5.41) is 16.8. The maximum absolute atomic E-state index is 11.1. The second-order valence-corrected chi connectivity index (χ2v) is 13.9. The Balaban J connectivity index is 0.958. The smallest absolute Gasteiger partial charge is 0.291 e. The summed E-state index contributed by atoms with van der Waals surface area (Å²) < 4.78 is 10.6. The van der Waals surface area contributed by atoms with Crippen LogP contribution in [0.5, 0.6) is 5.95 Å². The second kappa shape index (κ2) is 13.0. The summed E-state index contributed by atoms with van der Waals surface area (Å²) in [7, 11) is 0. The average molecular weight is 709 g/mol. The van der Waals surface area contributed by atoms with E-state index in [4.69, 9.17) is 4.42 Å². The van der Waals surface area contributed by atoms with E-state index < -0.39 is 0 Å². The fourth-order valence-electron chi connectivity index (χ4n) is 8.26. The van der Waals surface area contributed by atoms with E-state index in [0.29, 0.717) is 16.7 Å². The van der Waals surface area contributed by atoms with Gasteiger partial charge in [0.1, 0.15) is 5.58 Å². The summed E-state index contributed by atoms with van der Waals surface area (Å²) in [6.07, 6.45) is 6.11. The van der Waals surface area contributed by atoms with Crippen molar-refractivity contribution < 1.29 is 9.52 Å². The first-order valence-electron chi connectivity index (χ1n) is 18.5. The van der Waals surface area contributed by atoms with E-state index in [2.05, 4.69) is 180 Å². The molecule has 3 heterocycles. The highest BCUT2D eigenvalue weighted by atomic mass is 16.5. The molecular formula is C51H36N2O2. The first-order valence-corrected chi connectivity index (χ1v) is 18.5. The Labute approximate surface area is 318 Å². The van der Waals surface area contributed by atoms with Gasteiger partial charge in [0.25, 0.3) is 5.95 Å². The zero-order valence-corrected chi connectivity index (χ0v) is 30.3. The largest absolute Gasteiger partial charge is 0.480 e. The van der Waals surface area contributed by atoms with Crippen molar-refractivity contribution in [3.8, 4) is 28.4 Å². The predicted octanol–water partition coefficient (Wildman–Crippen LogP) is 13.7. The second-order valence-electron chi connectivity index (χ2n) is 13.9. The molecule has 10 aromatic rings. The van der Waals surface area contributed by atoms with Gasteiger partial charge in [0.15, 0.2) is 0 Å². The van der Waals surface area contributed by atoms with E-state index >= 15 is 0 Å². The monoisotopic (exact) mass is 708 g/mol. The molecule has 0 saturated heterocycles. The molecule has 0 aliphatic rings. The summed E-state index contributed by atoms with van der Waals surface area (Å²) in [6, 6.07) is 57.4. The Morgan fingerprint density at radius 3 is 1.60 bits per heavy atom. The van der Waals surface area contributed by atoms with Gasteiger partial charge < -0.3 is 18.7 Å². The van der Waals surface area contributed by atoms with Crippen LogP contribution < -0.4 is 0 Å². The van der Waals surface area contributed by atoms with Gasteiger partial charge in [0, 0.05) is 38.3 Å². The minimum absolute atomic E-state index is 0.142. The first-order chi connectivity index (χ1) is 27.1. The molecule has 0 amide bonds. The summed E-state index contributed by atoms with van der Waals surface area (Å²) >= 11 is 0. The van der Waals surface area contributed by atoms with Gasteiger partial charge in [-0.1, -0.05) is 128 Å². The number of nitrogens with zero attached hydrogens (tertiary/aromatic N) is 2. The molecular weight excluding hydrogens is 673 g/mol. The van der Waals surface area contributed by atoms with Crippen LogP contribution in [0.1, 0.15) is 18.1 Å². The van der Waals surface area contributed by atoms with E-state index in [1.807, 2.05) is 25.1 Å². The van der Waals surface area contributed by atoms with E-state index in [9.17, 15) is 5.11 Å². The minimum atomic E-state index is -0.142. The van der Waals surface area contributed by atoms with E-state index in [1.165, 1.54) is 43.6 Å². The van der Waals surface area contributed by atoms with Crippen molar-refractivity contribution in [1.29, 1.82) is 0 Å². The molecule has 0 aliphatic carbocycles. The van der Waals surface area contributed by atoms with Gasteiger partial charge in [-0.05, 0) is 95.4 Å². The lowest BCUT2D eigenvalue weighted by Crippen LogP contribution is -1.95. The molecule has 0 saturated carbocycles. The molecule has 0 aliphatic heterocycles. The van der Waals surface area contributed by atoms with Gasteiger partial charge in [-0.2, -0.15) is 0 Å². The van der Waals surface area contributed by atoms with Crippen molar-refractivity contribution in [3.63, 3.8) is 0 Å². The van der Waals surface area contributed by atoms with Crippen LogP contribution in [0.4, 0.5) is 0 Å². The zero-order chi connectivity index (χ0) is 37.0. The standard InChI is InChI=1S/C51H36N2O2/c1-3-34(35-14-12-16-38(30-35)52-45-22-8-4-18-40(45)41-19-5-9-23-46(41)52)27-26-33(2)50-44-29-28-37(32-49(44)55-51(50)54)36-15-13-17-39(31-36)53-47-24-10-6-20-42(47)43-21-7-11-25-48(43)53/h3-32,54H,2H2,1H3/b27-26-,34-3+. The van der Waals surface area contributed by atoms with Crippen LogP contribution in [0.3, 0.4) is 0 Å². The normalized spacial score (nSPS) is 12.3. The molecule has 0 bridgehead atoms. The van der Waals surface area contributed by atoms with Gasteiger partial charge in [-0.3, -0.25) is 0 Å². The molecule has 0 radical (unpaired) electrons. The topological polar surface area (TPSA) is 43.2 Å². The SMILES string of the molecule is C=C(/C=C\C(=C/C)c1cccc(-n2c3ccccc3c3ccccc32)c1)c1c(O)oc2cc(-c3cccc(-n4c5ccccc5c5ccccc54)c3)ccc12. The third kappa shape index (κ3) is 5.30. The van der Waals surface area contributed by atoms with Crippen molar-refractivity contribution in [2.24, 2.45) is 0 Å². The van der Waals surface area contributed by atoms with Crippen molar-refractivity contribution in [1.82, 2.24) is 9.13 Å². The Kier molecular flexibility index (Phi) is 7.63. The molecule has 0 atom stereocenters. The molecule has 4 nitrogen and oxygen atoms in total. The average Bonchev–Trinajstić information content (AvgIpc) is 3.87. The molecule has 262 valence electrons. The number of hydrogen-bond acceptors (Lipinski definition) is 2. The summed E-state index contributed by atoms with van der Waals surface area (Å²) in [4.78, 5) is 0. The lowest BCUT2D eigenvalue weighted by Gasteiger charge is -2.11. The van der Waals surface area contributed by atoms with Gasteiger partial charge >= 0.3 is 0 Å². The zero-order valence-electron chi connectivity index (χ0n) is 30.3. The highest BCUT2D eigenvalue weighted by Gasteiger charge is 2.18. The maximum atomic E-state index is 11.1. The van der Waals surface area contributed by atoms with Crippen molar-refractivity contribution in [2.45, 2.75) is 6.92 Å². The molecule has 0 fully saturated rings. The number of hydrogen-bond donors (Lipinski definition) is 1. The number of fused-ring (bicyclic) bond motifs is 7. The number of furan rings is 1. The number of rotatable bonds is 7. The Morgan fingerprint density at radius 2 is 1.04 bits per heavy atom. The first kappa shape index (κ1) is 32.4. The molecule has 0 spiro atoms. The van der Waals surface area contributed by atoms with E-state index in [0.717, 1.165) is 39.0 Å². The van der Waals surface area contributed by atoms with Crippen LogP contribution in [0, 0.1) is 0 Å². The van der Waals surface area contributed by atoms with Gasteiger partial charge in [-0.15, -0.1) is 0 Å². The lowest BCUT2D eigenvalue weighted by molar-refractivity contribution is 0.345. The summed E-state index contributed by atoms with van der Waals surface area (Å²) in [5.41, 5.74) is 12.9. The third-order valence-corrected chi connectivity index (χ3v) is 10.8. The third-order valence-electron chi connectivity index (χ3n) is 10.8. The highest BCUT2D eigenvalue weighted by Crippen LogP contribution is 2.40. The molecule has 55 heavy (non-hydrogen) atoms. The Bertz CT molecular complexity index is 3090. The molecule has 1 N–H and O–H groups in total. The summed E-state index contributed by atoms with van der Waals surface area (Å²) in [6.45, 7) is 6.40. The van der Waals surface area contributed by atoms with Crippen LogP contribution in [0.2, 0.25) is 0 Å². The number of aromatic nitrogens is 2. The van der Waals surface area contributed by atoms with E-state index in [1.54, 1.807) is 0 Å². The fraction of sp³-hybridized carbons (Fsp3) is 0.0196. The molecule has 10 rings (SSSR count). The number of para-hydroxylation sites is 4. The Hall–Kier alpha value is -7.30. The van der Waals surface area contributed by atoms with Crippen LogP contribution >= 0.6 is 0 Å². The Morgan fingerprint density at radius 1 is 0.527 bits per heavy atom. The van der Waals surface area contributed by atoms with Gasteiger partial charge in [0.05, 0.1) is 27.6 Å². The lowest BCUT2D eigenvalue weighted by atomic mass is 9.99. The van der Waals surface area contributed by atoms with Crippen molar-refractivity contribution in [2.75, 3.05) is 0 Å². The fourth-order valence-corrected chi connectivity index (χ4v) is 8.26. The quantitative estimate of drug-likeness (QED) is 0.168. The molecule has 3 aromatic heterocycles. The van der Waals surface area contributed by atoms with Gasteiger partial charge in [-0.25, -0.2) is 0 Å².